The molecule has 144 valence electrons. The van der Waals surface area contributed by atoms with Crippen LogP contribution in [0.25, 0.3) is 0 Å². The molecule has 1 aliphatic rings. The number of amides is 3. The molecular formula is C20H24N2O5. The van der Waals surface area contributed by atoms with Crippen molar-refractivity contribution in [1.82, 2.24) is 9.80 Å². The van der Waals surface area contributed by atoms with E-state index in [4.69, 9.17) is 4.74 Å². The Bertz CT molecular complexity index is 797. The van der Waals surface area contributed by atoms with E-state index in [-0.39, 0.29) is 19.1 Å². The molecular weight excluding hydrogens is 348 g/mol. The van der Waals surface area contributed by atoms with Crippen molar-refractivity contribution in [2.45, 2.75) is 32.9 Å². The summed E-state index contributed by atoms with van der Waals surface area (Å²) in [6, 6.07) is 6.61. The minimum absolute atomic E-state index is 0.204. The van der Waals surface area contributed by atoms with Crippen molar-refractivity contribution < 1.29 is 23.9 Å². The summed E-state index contributed by atoms with van der Waals surface area (Å²) in [5.74, 6) is -0.315. The van der Waals surface area contributed by atoms with Gasteiger partial charge in [-0.3, -0.25) is 4.79 Å². The number of nitrogens with zero attached hydrogens (tertiary/aromatic N) is 2. The van der Waals surface area contributed by atoms with E-state index >= 15 is 0 Å². The molecule has 7 nitrogen and oxygen atoms in total. The minimum Gasteiger partial charge on any atom is -0.482 e. The fourth-order valence-electron chi connectivity index (χ4n) is 2.78. The fraction of sp³-hybridized carbons (Fsp3) is 0.350. The minimum atomic E-state index is -1.00. The van der Waals surface area contributed by atoms with Crippen molar-refractivity contribution in [1.29, 1.82) is 0 Å². The molecule has 1 heterocycles. The number of esters is 1. The van der Waals surface area contributed by atoms with Gasteiger partial charge >= 0.3 is 12.0 Å². The SMILES string of the molecule is C=C/C(=C\C)N1C(=O)N(Cc2cccc(OCC(=O)OC)c2)C(C)(C)C1=O. The Hall–Kier alpha value is -3.09. The zero-order valence-electron chi connectivity index (χ0n) is 16.0. The maximum atomic E-state index is 12.9. The Morgan fingerprint density at radius 3 is 2.59 bits per heavy atom. The molecule has 0 bridgehead atoms. The summed E-state index contributed by atoms with van der Waals surface area (Å²) < 4.78 is 9.93. The topological polar surface area (TPSA) is 76.2 Å². The number of methoxy groups -OCH3 is 1. The van der Waals surface area contributed by atoms with Crippen molar-refractivity contribution >= 4 is 17.9 Å². The van der Waals surface area contributed by atoms with Crippen LogP contribution in [0.15, 0.2) is 48.7 Å². The largest absolute Gasteiger partial charge is 0.482 e. The number of carbonyl (C=O) groups is 3. The molecule has 0 aliphatic carbocycles. The molecule has 1 aromatic carbocycles. The molecule has 0 aromatic heterocycles. The third kappa shape index (κ3) is 4.02. The van der Waals surface area contributed by atoms with Crippen LogP contribution in [0.4, 0.5) is 4.79 Å². The molecule has 1 saturated heterocycles. The summed E-state index contributed by atoms with van der Waals surface area (Å²) >= 11 is 0. The highest BCUT2D eigenvalue weighted by Gasteiger charge is 2.51. The number of ether oxygens (including phenoxy) is 2. The lowest BCUT2D eigenvalue weighted by atomic mass is 10.0. The van der Waals surface area contributed by atoms with Crippen molar-refractivity contribution in [2.75, 3.05) is 13.7 Å². The van der Waals surface area contributed by atoms with Crippen molar-refractivity contribution in [2.24, 2.45) is 0 Å². The predicted molar refractivity (Wildman–Crippen MR) is 99.8 cm³/mol. The van der Waals surface area contributed by atoms with Crippen LogP contribution in [-0.2, 0) is 20.9 Å². The molecule has 0 N–H and O–H groups in total. The second-order valence-corrected chi connectivity index (χ2v) is 6.50. The summed E-state index contributed by atoms with van der Waals surface area (Å²) in [7, 11) is 1.29. The highest BCUT2D eigenvalue weighted by molar-refractivity contribution is 6.08. The van der Waals surface area contributed by atoms with Crippen LogP contribution >= 0.6 is 0 Å². The van der Waals surface area contributed by atoms with E-state index in [9.17, 15) is 14.4 Å². The second kappa shape index (κ2) is 8.07. The van der Waals surface area contributed by atoms with Crippen LogP contribution in [0.5, 0.6) is 5.75 Å². The van der Waals surface area contributed by atoms with E-state index in [1.807, 2.05) is 6.07 Å². The van der Waals surface area contributed by atoms with Gasteiger partial charge in [0.1, 0.15) is 11.3 Å². The molecule has 0 saturated carbocycles. The summed E-state index contributed by atoms with van der Waals surface area (Å²) in [6.07, 6.45) is 3.15. The van der Waals surface area contributed by atoms with Crippen molar-refractivity contribution in [3.8, 4) is 5.75 Å². The summed E-state index contributed by atoms with van der Waals surface area (Å²) in [4.78, 5) is 39.5. The van der Waals surface area contributed by atoms with Gasteiger partial charge in [0, 0.05) is 12.2 Å². The molecule has 27 heavy (non-hydrogen) atoms. The number of allylic oxidation sites excluding steroid dienone is 2. The number of urea groups is 1. The summed E-state index contributed by atoms with van der Waals surface area (Å²) in [6.45, 7) is 8.85. The maximum absolute atomic E-state index is 12.9. The first-order valence-electron chi connectivity index (χ1n) is 8.49. The van der Waals surface area contributed by atoms with E-state index in [0.29, 0.717) is 11.4 Å². The molecule has 3 amide bonds. The van der Waals surface area contributed by atoms with E-state index in [1.54, 1.807) is 45.0 Å². The lowest BCUT2D eigenvalue weighted by Crippen LogP contribution is -2.43. The Morgan fingerprint density at radius 1 is 1.30 bits per heavy atom. The molecule has 0 unspecified atom stereocenters. The van der Waals surface area contributed by atoms with Gasteiger partial charge in [-0.05, 0) is 44.5 Å². The monoisotopic (exact) mass is 372 g/mol. The van der Waals surface area contributed by atoms with Crippen LogP contribution in [0.1, 0.15) is 26.3 Å². The number of rotatable bonds is 7. The maximum Gasteiger partial charge on any atom is 0.343 e. The molecule has 1 aromatic rings. The highest BCUT2D eigenvalue weighted by Crippen LogP contribution is 2.32. The van der Waals surface area contributed by atoms with Gasteiger partial charge in [-0.25, -0.2) is 14.5 Å². The quantitative estimate of drug-likeness (QED) is 0.418. The van der Waals surface area contributed by atoms with Gasteiger partial charge in [0.2, 0.25) is 0 Å². The van der Waals surface area contributed by atoms with Crippen LogP contribution in [0.3, 0.4) is 0 Å². The normalized spacial score (nSPS) is 16.5. The van der Waals surface area contributed by atoms with Gasteiger partial charge in [-0.15, -0.1) is 0 Å². The van der Waals surface area contributed by atoms with Crippen LogP contribution in [0, 0.1) is 0 Å². The number of carbonyl (C=O) groups excluding carboxylic acids is 3. The Morgan fingerprint density at radius 2 is 2.00 bits per heavy atom. The first-order valence-corrected chi connectivity index (χ1v) is 8.49. The van der Waals surface area contributed by atoms with Crippen LogP contribution < -0.4 is 4.74 Å². The van der Waals surface area contributed by atoms with E-state index < -0.39 is 17.5 Å². The zero-order chi connectivity index (χ0) is 20.2. The molecule has 2 rings (SSSR count). The lowest BCUT2D eigenvalue weighted by Gasteiger charge is -2.27. The molecule has 1 aliphatic heterocycles. The van der Waals surface area contributed by atoms with Crippen molar-refractivity contribution in [3.63, 3.8) is 0 Å². The zero-order valence-corrected chi connectivity index (χ0v) is 16.0. The van der Waals surface area contributed by atoms with Crippen LogP contribution in [0.2, 0.25) is 0 Å². The van der Waals surface area contributed by atoms with Gasteiger partial charge < -0.3 is 14.4 Å². The van der Waals surface area contributed by atoms with E-state index in [0.717, 1.165) is 10.5 Å². The molecule has 1 fully saturated rings. The van der Waals surface area contributed by atoms with Gasteiger partial charge in [0.05, 0.1) is 7.11 Å². The molecule has 0 spiro atoms. The lowest BCUT2D eigenvalue weighted by molar-refractivity contribution is -0.142. The number of hydrogen-bond acceptors (Lipinski definition) is 5. The second-order valence-electron chi connectivity index (χ2n) is 6.50. The van der Waals surface area contributed by atoms with Gasteiger partial charge in [0.15, 0.2) is 6.61 Å². The first kappa shape index (κ1) is 20.2. The standard InChI is InChI=1S/C20H24N2O5/c1-6-15(7-2)22-18(24)20(3,4)21(19(22)25)12-14-9-8-10-16(11-14)27-13-17(23)26-5/h6-11H,1,12-13H2,2-5H3/b15-7+. The fourth-order valence-corrected chi connectivity index (χ4v) is 2.78. The third-order valence-corrected chi connectivity index (χ3v) is 4.41. The summed E-state index contributed by atoms with van der Waals surface area (Å²) in [5, 5.41) is 0. The van der Waals surface area contributed by atoms with Crippen molar-refractivity contribution in [3.05, 3.63) is 54.3 Å². The molecule has 7 heteroatoms. The Balaban J connectivity index is 2.23. The summed E-state index contributed by atoms with van der Waals surface area (Å²) in [5.41, 5.74) is 0.224. The van der Waals surface area contributed by atoms with Gasteiger partial charge in [-0.2, -0.15) is 0 Å². The molecule has 0 radical (unpaired) electrons. The first-order chi connectivity index (χ1) is 12.8. The average molecular weight is 372 g/mol. The number of benzene rings is 1. The Labute approximate surface area is 158 Å². The van der Waals surface area contributed by atoms with E-state index in [1.165, 1.54) is 18.1 Å². The number of imide groups is 1. The smallest absolute Gasteiger partial charge is 0.343 e. The Kier molecular flexibility index (Phi) is 6.05. The number of hydrogen-bond donors (Lipinski definition) is 0. The van der Waals surface area contributed by atoms with Gasteiger partial charge in [-0.1, -0.05) is 24.8 Å². The van der Waals surface area contributed by atoms with Crippen LogP contribution in [-0.4, -0.2) is 47.0 Å². The molecule has 0 atom stereocenters. The highest BCUT2D eigenvalue weighted by atomic mass is 16.6. The average Bonchev–Trinajstić information content (AvgIpc) is 2.82. The van der Waals surface area contributed by atoms with E-state index in [2.05, 4.69) is 11.3 Å². The predicted octanol–water partition coefficient (Wildman–Crippen LogP) is 2.87. The van der Waals surface area contributed by atoms with Gasteiger partial charge in [0.25, 0.3) is 5.91 Å². The third-order valence-electron chi connectivity index (χ3n) is 4.41.